The van der Waals surface area contributed by atoms with Gasteiger partial charge in [0.15, 0.2) is 5.84 Å². The molecule has 0 aromatic heterocycles. The van der Waals surface area contributed by atoms with E-state index in [1.54, 1.807) is 42.3 Å². The summed E-state index contributed by atoms with van der Waals surface area (Å²) in [5, 5.41) is 21.6. The standard InChI is InChI=1S/C24H26ClN7O2/c1-32(22(24(26)30-31-27)15-28-21-10-6-5-9-20(21)25)16-23(33)29-17-11-13-19(14-12-17)34-18-7-3-2-4-8-18/h2-14,22,28H,15-16H2,1H3,(H,29,33)(H3,26,27,30). The van der Waals surface area contributed by atoms with Crippen molar-refractivity contribution in [2.24, 2.45) is 16.2 Å². The number of amidine groups is 1. The molecule has 0 aliphatic rings. The molecule has 3 aromatic carbocycles. The molecule has 1 atom stereocenters. The Labute approximate surface area is 203 Å². The Bertz CT molecular complexity index is 1120. The Hall–Kier alpha value is -3.95. The summed E-state index contributed by atoms with van der Waals surface area (Å²) in [6, 6.07) is 23.2. The lowest BCUT2D eigenvalue weighted by molar-refractivity contribution is -0.117. The number of halogens is 1. The summed E-state index contributed by atoms with van der Waals surface area (Å²) in [5.41, 5.74) is 1.34. The van der Waals surface area contributed by atoms with Gasteiger partial charge in [-0.3, -0.25) is 15.1 Å². The summed E-state index contributed by atoms with van der Waals surface area (Å²) in [5.74, 6) is 6.19. The predicted molar refractivity (Wildman–Crippen MR) is 135 cm³/mol. The van der Waals surface area contributed by atoms with E-state index in [-0.39, 0.29) is 24.8 Å². The fourth-order valence-electron chi connectivity index (χ4n) is 3.17. The van der Waals surface area contributed by atoms with Crippen LogP contribution in [0.2, 0.25) is 5.02 Å². The van der Waals surface area contributed by atoms with Gasteiger partial charge in [0.05, 0.1) is 23.3 Å². The first kappa shape index (κ1) is 24.7. The number of anilines is 2. The normalized spacial score (nSPS) is 11.9. The molecule has 0 saturated heterocycles. The number of ether oxygens (including phenoxy) is 1. The van der Waals surface area contributed by atoms with Gasteiger partial charge in [-0.05, 0) is 55.6 Å². The average Bonchev–Trinajstić information content (AvgIpc) is 2.82. The lowest BCUT2D eigenvalue weighted by atomic mass is 10.2. The van der Waals surface area contributed by atoms with Gasteiger partial charge in [0.2, 0.25) is 5.91 Å². The van der Waals surface area contributed by atoms with E-state index in [1.807, 2.05) is 48.5 Å². The van der Waals surface area contributed by atoms with Crippen LogP contribution in [-0.2, 0) is 4.79 Å². The lowest BCUT2D eigenvalue weighted by Gasteiger charge is -2.26. The maximum atomic E-state index is 12.6. The number of hydrogen-bond acceptors (Lipinski definition) is 6. The van der Waals surface area contributed by atoms with Crippen molar-refractivity contribution >= 4 is 34.7 Å². The van der Waals surface area contributed by atoms with Crippen molar-refractivity contribution < 1.29 is 9.53 Å². The molecule has 10 heteroatoms. The first-order valence-electron chi connectivity index (χ1n) is 10.5. The van der Waals surface area contributed by atoms with Gasteiger partial charge in [-0.25, -0.2) is 0 Å². The second-order valence-corrected chi connectivity index (χ2v) is 7.79. The highest BCUT2D eigenvalue weighted by atomic mass is 35.5. The molecule has 1 amide bonds. The molecular weight excluding hydrogens is 454 g/mol. The van der Waals surface area contributed by atoms with Gasteiger partial charge in [0.25, 0.3) is 0 Å². The Kier molecular flexibility index (Phi) is 8.96. The molecule has 34 heavy (non-hydrogen) atoms. The van der Waals surface area contributed by atoms with E-state index >= 15 is 0 Å². The van der Waals surface area contributed by atoms with E-state index in [0.29, 0.717) is 22.1 Å². The Morgan fingerprint density at radius 2 is 1.71 bits per heavy atom. The summed E-state index contributed by atoms with van der Waals surface area (Å²) in [7, 11) is 1.72. The van der Waals surface area contributed by atoms with Gasteiger partial charge in [-0.1, -0.05) is 47.2 Å². The average molecular weight is 480 g/mol. The third kappa shape index (κ3) is 7.29. The highest BCUT2D eigenvalue weighted by Gasteiger charge is 2.22. The number of carbonyl (C=O) groups excluding carboxylic acids is 1. The highest BCUT2D eigenvalue weighted by Crippen LogP contribution is 2.23. The van der Waals surface area contributed by atoms with Crippen LogP contribution < -0.4 is 21.2 Å². The molecule has 0 aliphatic heterocycles. The van der Waals surface area contributed by atoms with Gasteiger partial charge < -0.3 is 21.2 Å². The van der Waals surface area contributed by atoms with E-state index in [2.05, 4.69) is 21.0 Å². The summed E-state index contributed by atoms with van der Waals surface area (Å²) < 4.78 is 5.77. The third-order valence-electron chi connectivity index (χ3n) is 4.88. The van der Waals surface area contributed by atoms with Crippen LogP contribution in [0.25, 0.3) is 0 Å². The van der Waals surface area contributed by atoms with Gasteiger partial charge in [-0.2, -0.15) is 0 Å². The number of benzene rings is 3. The predicted octanol–water partition coefficient (Wildman–Crippen LogP) is 4.79. The van der Waals surface area contributed by atoms with Crippen LogP contribution in [0.15, 0.2) is 89.2 Å². The molecule has 0 fully saturated rings. The molecule has 0 bridgehead atoms. The Morgan fingerprint density at radius 3 is 2.38 bits per heavy atom. The first-order valence-corrected chi connectivity index (χ1v) is 10.8. The van der Waals surface area contributed by atoms with E-state index in [4.69, 9.17) is 27.6 Å². The minimum atomic E-state index is -0.573. The molecule has 1 unspecified atom stereocenters. The molecule has 5 N–H and O–H groups in total. The Balaban J connectivity index is 1.58. The fourth-order valence-corrected chi connectivity index (χ4v) is 3.37. The summed E-state index contributed by atoms with van der Waals surface area (Å²) in [6.07, 6.45) is 0. The van der Waals surface area contributed by atoms with Crippen molar-refractivity contribution in [3.05, 3.63) is 83.9 Å². The van der Waals surface area contributed by atoms with Crippen LogP contribution in [0.3, 0.4) is 0 Å². The Morgan fingerprint density at radius 1 is 1.06 bits per heavy atom. The zero-order valence-corrected chi connectivity index (χ0v) is 19.4. The van der Waals surface area contributed by atoms with Crippen molar-refractivity contribution in [2.75, 3.05) is 30.8 Å². The van der Waals surface area contributed by atoms with Crippen LogP contribution in [0.4, 0.5) is 11.4 Å². The minimum absolute atomic E-state index is 0.0135. The van der Waals surface area contributed by atoms with Crippen molar-refractivity contribution in [3.8, 4) is 11.5 Å². The highest BCUT2D eigenvalue weighted by molar-refractivity contribution is 6.33. The number of nitrogens with zero attached hydrogens (tertiary/aromatic N) is 3. The van der Waals surface area contributed by atoms with E-state index in [0.717, 1.165) is 5.75 Å². The zero-order valence-electron chi connectivity index (χ0n) is 18.6. The topological polar surface area (TPSA) is 128 Å². The molecule has 0 saturated carbocycles. The van der Waals surface area contributed by atoms with E-state index in [1.165, 1.54) is 0 Å². The van der Waals surface area contributed by atoms with E-state index < -0.39 is 6.04 Å². The molecule has 0 radical (unpaired) electrons. The monoisotopic (exact) mass is 479 g/mol. The minimum Gasteiger partial charge on any atom is -0.457 e. The summed E-state index contributed by atoms with van der Waals surface area (Å²) in [4.78, 5) is 14.3. The van der Waals surface area contributed by atoms with Gasteiger partial charge in [-0.15, -0.1) is 5.11 Å². The fraction of sp³-hybridized carbons (Fsp3) is 0.167. The number of likely N-dealkylation sites (N-methyl/N-ethyl adjacent to an activating group) is 1. The maximum Gasteiger partial charge on any atom is 0.238 e. The van der Waals surface area contributed by atoms with Crippen LogP contribution in [-0.4, -0.2) is 42.8 Å². The summed E-state index contributed by atoms with van der Waals surface area (Å²) in [6.45, 7) is 0.288. The first-order chi connectivity index (χ1) is 16.5. The van der Waals surface area contributed by atoms with Crippen molar-refractivity contribution in [3.63, 3.8) is 0 Å². The largest absolute Gasteiger partial charge is 0.457 e. The third-order valence-corrected chi connectivity index (χ3v) is 5.21. The molecule has 3 aromatic rings. The van der Waals surface area contributed by atoms with Gasteiger partial charge >= 0.3 is 0 Å². The number of para-hydroxylation sites is 2. The van der Waals surface area contributed by atoms with Gasteiger partial charge in [0.1, 0.15) is 11.5 Å². The SMILES string of the molecule is CN(CC(=O)Nc1ccc(Oc2ccccc2)cc1)C(CNc1ccccc1Cl)C(=N)N=NN. The molecule has 0 heterocycles. The number of amides is 1. The molecule has 0 aliphatic carbocycles. The van der Waals surface area contributed by atoms with Crippen molar-refractivity contribution in [1.29, 1.82) is 5.41 Å². The molecule has 3 rings (SSSR count). The second-order valence-electron chi connectivity index (χ2n) is 7.38. The molecular formula is C24H26ClN7O2. The van der Waals surface area contributed by atoms with Crippen LogP contribution in [0.5, 0.6) is 11.5 Å². The summed E-state index contributed by atoms with van der Waals surface area (Å²) >= 11 is 6.19. The maximum absolute atomic E-state index is 12.6. The number of nitrogens with two attached hydrogens (primary N) is 1. The lowest BCUT2D eigenvalue weighted by Crippen LogP contribution is -2.46. The second kappa shape index (κ2) is 12.3. The molecule has 9 nitrogen and oxygen atoms in total. The van der Waals surface area contributed by atoms with E-state index in [9.17, 15) is 4.79 Å². The zero-order chi connectivity index (χ0) is 24.3. The molecule has 176 valence electrons. The van der Waals surface area contributed by atoms with Crippen molar-refractivity contribution in [1.82, 2.24) is 4.90 Å². The molecule has 0 spiro atoms. The number of hydrogen-bond donors (Lipinski definition) is 4. The number of rotatable bonds is 10. The smallest absolute Gasteiger partial charge is 0.238 e. The number of nitrogens with one attached hydrogen (secondary N) is 3. The number of carbonyl (C=O) groups is 1. The van der Waals surface area contributed by atoms with Crippen LogP contribution in [0, 0.1) is 5.41 Å². The van der Waals surface area contributed by atoms with Crippen molar-refractivity contribution in [2.45, 2.75) is 6.04 Å². The van der Waals surface area contributed by atoms with Crippen LogP contribution in [0.1, 0.15) is 0 Å². The van der Waals surface area contributed by atoms with Gasteiger partial charge in [0, 0.05) is 12.2 Å². The quantitative estimate of drug-likeness (QED) is 0.109. The van der Waals surface area contributed by atoms with Crippen LogP contribution >= 0.6 is 11.6 Å².